The Kier molecular flexibility index (Phi) is 4.80. The summed E-state index contributed by atoms with van der Waals surface area (Å²) in [4.78, 5) is 14.3. The second kappa shape index (κ2) is 7.00. The molecule has 2 heterocycles. The second-order valence-electron chi connectivity index (χ2n) is 5.99. The van der Waals surface area contributed by atoms with Crippen molar-refractivity contribution in [3.63, 3.8) is 0 Å². The zero-order chi connectivity index (χ0) is 17.1. The van der Waals surface area contributed by atoms with Crippen LogP contribution in [0.2, 0.25) is 0 Å². The molecule has 0 atom stereocenters. The summed E-state index contributed by atoms with van der Waals surface area (Å²) in [7, 11) is 0. The molecule has 1 aliphatic rings. The highest BCUT2D eigenvalue weighted by Crippen LogP contribution is 2.25. The summed E-state index contributed by atoms with van der Waals surface area (Å²) >= 11 is 0. The summed E-state index contributed by atoms with van der Waals surface area (Å²) in [6, 6.07) is 4.54. The minimum Gasteiger partial charge on any atom is -0.378 e. The highest BCUT2D eigenvalue weighted by molar-refractivity contribution is 6.05. The van der Waals surface area contributed by atoms with E-state index in [1.54, 1.807) is 12.1 Å². The van der Waals surface area contributed by atoms with Gasteiger partial charge in [0.25, 0.3) is 5.91 Å². The average Bonchev–Trinajstić information content (AvgIpc) is 3.07. The first-order chi connectivity index (χ1) is 11.6. The van der Waals surface area contributed by atoms with Gasteiger partial charge in [-0.2, -0.15) is 0 Å². The highest BCUT2D eigenvalue weighted by atomic mass is 19.1. The van der Waals surface area contributed by atoms with Gasteiger partial charge < -0.3 is 19.5 Å². The lowest BCUT2D eigenvalue weighted by atomic mass is 10.1. The van der Waals surface area contributed by atoms with Gasteiger partial charge in [0.1, 0.15) is 17.6 Å². The van der Waals surface area contributed by atoms with Crippen molar-refractivity contribution in [2.75, 3.05) is 36.5 Å². The van der Waals surface area contributed by atoms with Crippen LogP contribution in [-0.2, 0) is 4.74 Å². The Hall–Kier alpha value is -2.41. The van der Waals surface area contributed by atoms with Crippen LogP contribution in [0.5, 0.6) is 0 Å². The van der Waals surface area contributed by atoms with E-state index in [0.29, 0.717) is 48.9 Å². The summed E-state index contributed by atoms with van der Waals surface area (Å²) in [5.74, 6) is -0.566. The van der Waals surface area contributed by atoms with Gasteiger partial charge >= 0.3 is 0 Å². The number of halogens is 1. The molecule has 3 rings (SSSR count). The van der Waals surface area contributed by atoms with E-state index in [2.05, 4.69) is 10.5 Å². The van der Waals surface area contributed by atoms with E-state index in [-0.39, 0.29) is 17.6 Å². The van der Waals surface area contributed by atoms with Crippen LogP contribution in [0, 0.1) is 5.82 Å². The average molecular weight is 333 g/mol. The van der Waals surface area contributed by atoms with Crippen molar-refractivity contribution < 1.29 is 18.4 Å². The van der Waals surface area contributed by atoms with Crippen molar-refractivity contribution in [1.29, 1.82) is 0 Å². The predicted octanol–water partition coefficient (Wildman–Crippen LogP) is 3.03. The van der Waals surface area contributed by atoms with Gasteiger partial charge in [0.2, 0.25) is 0 Å². The molecule has 0 saturated carbocycles. The van der Waals surface area contributed by atoms with Crippen LogP contribution >= 0.6 is 0 Å². The monoisotopic (exact) mass is 333 g/mol. The fourth-order valence-electron chi connectivity index (χ4n) is 2.67. The second-order valence-corrected chi connectivity index (χ2v) is 5.99. The zero-order valence-electron chi connectivity index (χ0n) is 13.7. The van der Waals surface area contributed by atoms with Crippen LogP contribution in [0.4, 0.5) is 15.8 Å². The molecule has 0 unspecified atom stereocenters. The molecule has 1 aromatic carbocycles. The molecule has 1 fully saturated rings. The van der Waals surface area contributed by atoms with Crippen molar-refractivity contribution in [3.8, 4) is 0 Å². The van der Waals surface area contributed by atoms with Crippen LogP contribution in [-0.4, -0.2) is 37.4 Å². The van der Waals surface area contributed by atoms with E-state index in [1.165, 1.54) is 12.3 Å². The van der Waals surface area contributed by atoms with Crippen LogP contribution < -0.4 is 10.2 Å². The molecule has 7 heteroatoms. The quantitative estimate of drug-likeness (QED) is 0.931. The SMILES string of the molecule is CC(C)c1nocc1C(=O)Nc1ccc(F)c(N2CCOCC2)c1. The maximum atomic E-state index is 14.1. The van der Waals surface area contributed by atoms with Crippen molar-refractivity contribution >= 4 is 17.3 Å². The Morgan fingerprint density at radius 3 is 2.79 bits per heavy atom. The largest absolute Gasteiger partial charge is 0.378 e. The molecular weight excluding hydrogens is 313 g/mol. The lowest BCUT2D eigenvalue weighted by Crippen LogP contribution is -2.36. The first kappa shape index (κ1) is 16.4. The third-order valence-corrected chi connectivity index (χ3v) is 3.94. The third kappa shape index (κ3) is 3.41. The van der Waals surface area contributed by atoms with Crippen molar-refractivity contribution in [2.24, 2.45) is 0 Å². The van der Waals surface area contributed by atoms with E-state index in [4.69, 9.17) is 9.26 Å². The summed E-state index contributed by atoms with van der Waals surface area (Å²) in [5, 5.41) is 6.65. The van der Waals surface area contributed by atoms with Gasteiger partial charge in [0, 0.05) is 18.8 Å². The number of carbonyl (C=O) groups is 1. The lowest BCUT2D eigenvalue weighted by Gasteiger charge is -2.29. The van der Waals surface area contributed by atoms with Crippen LogP contribution in [0.1, 0.15) is 35.8 Å². The van der Waals surface area contributed by atoms with Gasteiger partial charge in [-0.3, -0.25) is 4.79 Å². The maximum absolute atomic E-state index is 14.1. The summed E-state index contributed by atoms with van der Waals surface area (Å²) in [6.45, 7) is 6.24. The van der Waals surface area contributed by atoms with Gasteiger partial charge in [-0.05, 0) is 24.1 Å². The number of morpholine rings is 1. The maximum Gasteiger partial charge on any atom is 0.260 e. The fourth-order valence-corrected chi connectivity index (χ4v) is 2.67. The number of amides is 1. The van der Waals surface area contributed by atoms with E-state index >= 15 is 0 Å². The molecule has 1 aromatic heterocycles. The normalized spacial score (nSPS) is 14.9. The topological polar surface area (TPSA) is 67.6 Å². The Bertz CT molecular complexity index is 724. The number of nitrogens with zero attached hydrogens (tertiary/aromatic N) is 2. The van der Waals surface area contributed by atoms with Crippen LogP contribution in [0.25, 0.3) is 0 Å². The van der Waals surface area contributed by atoms with E-state index in [1.807, 2.05) is 18.7 Å². The fraction of sp³-hybridized carbons (Fsp3) is 0.412. The van der Waals surface area contributed by atoms with Crippen molar-refractivity contribution in [3.05, 3.63) is 41.5 Å². The van der Waals surface area contributed by atoms with Gasteiger partial charge in [-0.1, -0.05) is 19.0 Å². The predicted molar refractivity (Wildman–Crippen MR) is 88.0 cm³/mol. The summed E-state index contributed by atoms with van der Waals surface area (Å²) < 4.78 is 24.3. The Morgan fingerprint density at radius 1 is 1.33 bits per heavy atom. The highest BCUT2D eigenvalue weighted by Gasteiger charge is 2.20. The summed E-state index contributed by atoms with van der Waals surface area (Å²) in [5.41, 5.74) is 1.98. The summed E-state index contributed by atoms with van der Waals surface area (Å²) in [6.07, 6.45) is 1.33. The number of aromatic nitrogens is 1. The molecule has 0 radical (unpaired) electrons. The molecule has 1 saturated heterocycles. The Morgan fingerprint density at radius 2 is 2.08 bits per heavy atom. The molecule has 0 bridgehead atoms. The number of hydrogen-bond acceptors (Lipinski definition) is 5. The molecule has 24 heavy (non-hydrogen) atoms. The standard InChI is InChI=1S/C17H20FN3O3/c1-11(2)16-13(10-24-20-16)17(22)19-12-3-4-14(18)15(9-12)21-5-7-23-8-6-21/h3-4,9-11H,5-8H2,1-2H3,(H,19,22). The number of nitrogens with one attached hydrogen (secondary N) is 1. The minimum absolute atomic E-state index is 0.0710. The first-order valence-corrected chi connectivity index (χ1v) is 7.94. The van der Waals surface area contributed by atoms with Gasteiger partial charge in [-0.25, -0.2) is 4.39 Å². The first-order valence-electron chi connectivity index (χ1n) is 7.94. The number of ether oxygens (including phenoxy) is 1. The third-order valence-electron chi connectivity index (χ3n) is 3.94. The van der Waals surface area contributed by atoms with E-state index in [9.17, 15) is 9.18 Å². The molecule has 0 aliphatic carbocycles. The molecule has 6 nitrogen and oxygen atoms in total. The molecule has 1 amide bonds. The van der Waals surface area contributed by atoms with Gasteiger partial charge in [-0.15, -0.1) is 0 Å². The molecule has 1 aliphatic heterocycles. The number of carbonyl (C=O) groups excluding carboxylic acids is 1. The smallest absolute Gasteiger partial charge is 0.260 e. The van der Waals surface area contributed by atoms with E-state index in [0.717, 1.165) is 0 Å². The lowest BCUT2D eigenvalue weighted by molar-refractivity contribution is 0.102. The molecule has 2 aromatic rings. The molecule has 0 spiro atoms. The number of hydrogen-bond donors (Lipinski definition) is 1. The van der Waals surface area contributed by atoms with Crippen molar-refractivity contribution in [2.45, 2.75) is 19.8 Å². The molecular formula is C17H20FN3O3. The Labute approximate surface area is 139 Å². The number of benzene rings is 1. The van der Waals surface area contributed by atoms with Crippen LogP contribution in [0.15, 0.2) is 29.0 Å². The van der Waals surface area contributed by atoms with E-state index < -0.39 is 0 Å². The molecule has 1 N–H and O–H groups in total. The molecule has 128 valence electrons. The van der Waals surface area contributed by atoms with Crippen molar-refractivity contribution in [1.82, 2.24) is 5.16 Å². The van der Waals surface area contributed by atoms with Gasteiger partial charge in [0.05, 0.1) is 24.6 Å². The van der Waals surface area contributed by atoms with Gasteiger partial charge in [0.15, 0.2) is 0 Å². The number of rotatable bonds is 4. The van der Waals surface area contributed by atoms with Crippen LogP contribution in [0.3, 0.4) is 0 Å². The minimum atomic E-state index is -0.320. The Balaban J connectivity index is 1.80. The zero-order valence-corrected chi connectivity index (χ0v) is 13.7. The number of anilines is 2.